The molecule has 4 rings (SSSR count). The Morgan fingerprint density at radius 1 is 0.838 bits per heavy atom. The predicted octanol–water partition coefficient (Wildman–Crippen LogP) is 5.82. The largest absolute Gasteiger partial charge is 0.348 e. The van der Waals surface area contributed by atoms with Crippen molar-refractivity contribution in [1.29, 1.82) is 0 Å². The van der Waals surface area contributed by atoms with E-state index in [1.54, 1.807) is 6.20 Å². The lowest BCUT2D eigenvalue weighted by molar-refractivity contribution is 0.0993. The van der Waals surface area contributed by atoms with Gasteiger partial charge in [-0.2, -0.15) is 0 Å². The van der Waals surface area contributed by atoms with E-state index in [0.29, 0.717) is 6.42 Å². The quantitative estimate of drug-likeness (QED) is 0.269. The lowest BCUT2D eigenvalue weighted by Gasteiger charge is -2.21. The van der Waals surface area contributed by atoms with Crippen molar-refractivity contribution in [3.8, 4) is 0 Å². The third-order valence-corrected chi connectivity index (χ3v) is 6.61. The molecule has 1 aromatic heterocycles. The first-order valence-electron chi connectivity index (χ1n) is 13.5. The molecular formula is C31H39N5O. The average molecular weight is 498 g/mol. The highest BCUT2D eigenvalue weighted by Crippen LogP contribution is 2.15. The van der Waals surface area contributed by atoms with E-state index in [2.05, 4.69) is 81.1 Å². The lowest BCUT2D eigenvalue weighted by Crippen LogP contribution is -2.29. The molecule has 0 bridgehead atoms. The smallest absolute Gasteiger partial charge is 0.167 e. The number of ketones is 1. The fraction of sp³-hybridized carbons (Fsp3) is 0.387. The van der Waals surface area contributed by atoms with Crippen LogP contribution in [0.1, 0.15) is 66.0 Å². The van der Waals surface area contributed by atoms with Crippen LogP contribution in [0.25, 0.3) is 0 Å². The number of imidazole rings is 1. The summed E-state index contributed by atoms with van der Waals surface area (Å²) < 4.78 is 0. The Hall–Kier alpha value is -3.35. The van der Waals surface area contributed by atoms with Gasteiger partial charge in [-0.05, 0) is 42.6 Å². The van der Waals surface area contributed by atoms with E-state index in [1.165, 1.54) is 24.0 Å². The van der Waals surface area contributed by atoms with Gasteiger partial charge in [0.25, 0.3) is 0 Å². The first kappa shape index (κ1) is 26.7. The summed E-state index contributed by atoms with van der Waals surface area (Å²) in [5.74, 6) is 1.09. The molecule has 0 saturated carbocycles. The van der Waals surface area contributed by atoms with E-state index in [4.69, 9.17) is 0 Å². The van der Waals surface area contributed by atoms with Gasteiger partial charge in [-0.25, -0.2) is 4.98 Å². The summed E-state index contributed by atoms with van der Waals surface area (Å²) in [6.07, 6.45) is 11.3. The van der Waals surface area contributed by atoms with Crippen molar-refractivity contribution in [2.24, 2.45) is 4.99 Å². The Morgan fingerprint density at radius 2 is 1.49 bits per heavy atom. The maximum Gasteiger partial charge on any atom is 0.167 e. The van der Waals surface area contributed by atoms with Crippen molar-refractivity contribution in [3.63, 3.8) is 0 Å². The predicted molar refractivity (Wildman–Crippen MR) is 151 cm³/mol. The fourth-order valence-corrected chi connectivity index (χ4v) is 4.79. The van der Waals surface area contributed by atoms with Crippen LogP contribution in [0.15, 0.2) is 78.2 Å². The van der Waals surface area contributed by atoms with Gasteiger partial charge in [0.2, 0.25) is 0 Å². The standard InChI is InChI=1S/C31H39N5O/c1-3-18-35(19-4-2)21-26-9-7-25(8-10-26)20-30(37)28-13-11-27(12-14-28)22-36(23-29-6-5-15-32-29)24-31-33-16-17-34-31/h5,7-17H,3-4,6,18-24H2,1-2H3,(H,33,34). The summed E-state index contributed by atoms with van der Waals surface area (Å²) in [7, 11) is 0. The molecule has 6 heteroatoms. The van der Waals surface area contributed by atoms with Crippen LogP contribution in [0, 0.1) is 0 Å². The molecule has 0 unspecified atom stereocenters. The number of rotatable bonds is 15. The van der Waals surface area contributed by atoms with Crippen LogP contribution in [0.4, 0.5) is 0 Å². The second-order valence-electron chi connectivity index (χ2n) is 9.85. The SMILES string of the molecule is CCCN(CCC)Cc1ccc(CC(=O)c2ccc(CN(CC3=NC=CC3)Cc3ncc[nH]3)cc2)cc1. The Bertz CT molecular complexity index is 1160. The van der Waals surface area contributed by atoms with E-state index in [-0.39, 0.29) is 5.78 Å². The van der Waals surface area contributed by atoms with Crippen molar-refractivity contribution in [2.75, 3.05) is 19.6 Å². The molecule has 3 aromatic rings. The molecular weight excluding hydrogens is 458 g/mol. The van der Waals surface area contributed by atoms with Crippen LogP contribution in [-0.2, 0) is 26.1 Å². The Balaban J connectivity index is 1.33. The number of aromatic nitrogens is 2. The number of hydrogen-bond donors (Lipinski definition) is 1. The molecule has 0 aliphatic carbocycles. The summed E-state index contributed by atoms with van der Waals surface area (Å²) in [4.78, 5) is 29.8. The van der Waals surface area contributed by atoms with E-state index < -0.39 is 0 Å². The zero-order valence-electron chi connectivity index (χ0n) is 22.2. The summed E-state index contributed by atoms with van der Waals surface area (Å²) in [5, 5.41) is 0. The van der Waals surface area contributed by atoms with Gasteiger partial charge < -0.3 is 4.98 Å². The van der Waals surface area contributed by atoms with E-state index >= 15 is 0 Å². The van der Waals surface area contributed by atoms with Crippen molar-refractivity contribution in [3.05, 3.63) is 101 Å². The summed E-state index contributed by atoms with van der Waals surface area (Å²) in [6.45, 7) is 9.94. The van der Waals surface area contributed by atoms with E-state index in [1.807, 2.05) is 24.5 Å². The zero-order valence-corrected chi connectivity index (χ0v) is 22.2. The van der Waals surface area contributed by atoms with Gasteiger partial charge in [0.05, 0.1) is 6.54 Å². The van der Waals surface area contributed by atoms with Crippen LogP contribution < -0.4 is 0 Å². The topological polar surface area (TPSA) is 64.6 Å². The van der Waals surface area contributed by atoms with Crippen molar-refractivity contribution in [1.82, 2.24) is 19.8 Å². The van der Waals surface area contributed by atoms with Gasteiger partial charge in [0, 0.05) is 62.3 Å². The molecule has 2 aromatic carbocycles. The first-order chi connectivity index (χ1) is 18.1. The molecule has 0 atom stereocenters. The highest BCUT2D eigenvalue weighted by Gasteiger charge is 2.14. The molecule has 1 aliphatic heterocycles. The summed E-state index contributed by atoms with van der Waals surface area (Å²) in [6, 6.07) is 16.6. The van der Waals surface area contributed by atoms with Gasteiger partial charge in [0.1, 0.15) is 5.82 Å². The number of hydrogen-bond acceptors (Lipinski definition) is 5. The third kappa shape index (κ3) is 8.34. The van der Waals surface area contributed by atoms with Gasteiger partial charge in [0.15, 0.2) is 5.78 Å². The van der Waals surface area contributed by atoms with Crippen LogP contribution in [0.3, 0.4) is 0 Å². The number of nitrogens with zero attached hydrogens (tertiary/aromatic N) is 4. The average Bonchev–Trinajstić information content (AvgIpc) is 3.61. The van der Waals surface area contributed by atoms with Gasteiger partial charge in [-0.15, -0.1) is 0 Å². The monoisotopic (exact) mass is 497 g/mol. The number of allylic oxidation sites excluding steroid dienone is 1. The number of Topliss-reactive ketones (excluding diaryl/α,β-unsaturated/α-hetero) is 1. The second-order valence-corrected chi connectivity index (χ2v) is 9.85. The van der Waals surface area contributed by atoms with Crippen molar-refractivity contribution in [2.45, 2.75) is 59.2 Å². The summed E-state index contributed by atoms with van der Waals surface area (Å²) >= 11 is 0. The lowest BCUT2D eigenvalue weighted by atomic mass is 10.0. The highest BCUT2D eigenvalue weighted by atomic mass is 16.1. The van der Waals surface area contributed by atoms with Crippen molar-refractivity contribution >= 4 is 11.5 Å². The van der Waals surface area contributed by atoms with Gasteiger partial charge in [-0.1, -0.05) is 68.5 Å². The van der Waals surface area contributed by atoms with E-state index in [9.17, 15) is 4.79 Å². The molecule has 37 heavy (non-hydrogen) atoms. The number of nitrogens with one attached hydrogen (secondary N) is 1. The summed E-state index contributed by atoms with van der Waals surface area (Å²) in [5.41, 5.74) is 5.45. The Kier molecular flexibility index (Phi) is 9.97. The molecule has 0 spiro atoms. The third-order valence-electron chi connectivity index (χ3n) is 6.61. The molecule has 0 saturated heterocycles. The molecule has 194 valence electrons. The van der Waals surface area contributed by atoms with E-state index in [0.717, 1.165) is 68.4 Å². The molecule has 0 radical (unpaired) electrons. The zero-order chi connectivity index (χ0) is 25.9. The molecule has 6 nitrogen and oxygen atoms in total. The number of aliphatic imine (C=N–C) groups is 1. The van der Waals surface area contributed by atoms with Crippen LogP contribution in [-0.4, -0.2) is 50.9 Å². The number of H-pyrrole nitrogens is 1. The first-order valence-corrected chi connectivity index (χ1v) is 13.5. The molecule has 2 heterocycles. The number of carbonyl (C=O) groups is 1. The minimum Gasteiger partial charge on any atom is -0.348 e. The Labute approximate surface area is 221 Å². The highest BCUT2D eigenvalue weighted by molar-refractivity contribution is 5.97. The van der Waals surface area contributed by atoms with Crippen molar-refractivity contribution < 1.29 is 4.79 Å². The maximum atomic E-state index is 13.0. The van der Waals surface area contributed by atoms with Crippen LogP contribution in [0.2, 0.25) is 0 Å². The minimum absolute atomic E-state index is 0.150. The fourth-order valence-electron chi connectivity index (χ4n) is 4.79. The molecule has 1 aliphatic rings. The number of aromatic amines is 1. The Morgan fingerprint density at radius 3 is 2.08 bits per heavy atom. The molecule has 0 amide bonds. The second kappa shape index (κ2) is 13.8. The van der Waals surface area contributed by atoms with Crippen LogP contribution >= 0.6 is 0 Å². The minimum atomic E-state index is 0.150. The molecule has 0 fully saturated rings. The van der Waals surface area contributed by atoms with Gasteiger partial charge in [-0.3, -0.25) is 19.6 Å². The number of carbonyl (C=O) groups excluding carboxylic acids is 1. The normalized spacial score (nSPS) is 13.0. The van der Waals surface area contributed by atoms with Crippen LogP contribution in [0.5, 0.6) is 0 Å². The maximum absolute atomic E-state index is 13.0. The van der Waals surface area contributed by atoms with Gasteiger partial charge >= 0.3 is 0 Å². The number of benzene rings is 2. The molecule has 1 N–H and O–H groups in total.